The highest BCUT2D eigenvalue weighted by molar-refractivity contribution is 9.10. The fourth-order valence-electron chi connectivity index (χ4n) is 2.45. The quantitative estimate of drug-likeness (QED) is 0.859. The molecule has 1 aliphatic heterocycles. The van der Waals surface area contributed by atoms with E-state index in [2.05, 4.69) is 15.9 Å². The topological polar surface area (TPSA) is 46.3 Å². The zero-order valence-corrected chi connectivity index (χ0v) is 12.5. The van der Waals surface area contributed by atoms with E-state index in [1.807, 2.05) is 25.2 Å². The first-order valence-electron chi connectivity index (χ1n) is 5.97. The van der Waals surface area contributed by atoms with E-state index in [0.29, 0.717) is 11.4 Å². The van der Waals surface area contributed by atoms with Gasteiger partial charge >= 0.3 is 0 Å². The number of likely N-dealkylation sites (N-methyl/N-ethyl adjacent to an activating group) is 1. The van der Waals surface area contributed by atoms with Crippen molar-refractivity contribution in [3.8, 4) is 0 Å². The largest absolute Gasteiger partial charge is 0.337 e. The van der Waals surface area contributed by atoms with Crippen LogP contribution in [0.1, 0.15) is 30.9 Å². The third-order valence-electron chi connectivity index (χ3n) is 3.42. The van der Waals surface area contributed by atoms with E-state index in [0.717, 1.165) is 22.9 Å². The van der Waals surface area contributed by atoms with Gasteiger partial charge in [0.1, 0.15) is 0 Å². The molecule has 0 aromatic heterocycles. The van der Waals surface area contributed by atoms with Crippen LogP contribution in [0, 0.1) is 0 Å². The van der Waals surface area contributed by atoms with Crippen LogP contribution >= 0.6 is 27.5 Å². The van der Waals surface area contributed by atoms with Gasteiger partial charge in [0, 0.05) is 29.0 Å². The van der Waals surface area contributed by atoms with Crippen molar-refractivity contribution in [3.63, 3.8) is 0 Å². The summed E-state index contributed by atoms with van der Waals surface area (Å²) in [5.74, 6) is 0.139. The lowest BCUT2D eigenvalue weighted by Gasteiger charge is -2.31. The summed E-state index contributed by atoms with van der Waals surface area (Å²) in [6, 6.07) is 5.42. The minimum atomic E-state index is -0.118. The Labute approximate surface area is 120 Å². The third kappa shape index (κ3) is 2.71. The molecule has 18 heavy (non-hydrogen) atoms. The summed E-state index contributed by atoms with van der Waals surface area (Å²) >= 11 is 9.56. The normalized spacial score (nSPS) is 25.1. The second-order valence-electron chi connectivity index (χ2n) is 4.67. The van der Waals surface area contributed by atoms with Crippen LogP contribution in [0.4, 0.5) is 0 Å². The van der Waals surface area contributed by atoms with Crippen molar-refractivity contribution in [3.05, 3.63) is 33.3 Å². The molecule has 1 saturated heterocycles. The van der Waals surface area contributed by atoms with E-state index in [9.17, 15) is 4.79 Å². The smallest absolute Gasteiger partial charge is 0.222 e. The Hall–Kier alpha value is -0.580. The number of nitrogens with two attached hydrogens (primary N) is 1. The van der Waals surface area contributed by atoms with Crippen molar-refractivity contribution in [2.45, 2.75) is 31.3 Å². The SMILES string of the molecule is CN1C(=O)CCCC(N)C1c1cc(Cl)ccc1Br. The average Bonchev–Trinajstić information content (AvgIpc) is 2.44. The number of halogens is 2. The zero-order valence-electron chi connectivity index (χ0n) is 10.2. The molecule has 2 rings (SSSR count). The summed E-state index contributed by atoms with van der Waals surface area (Å²) in [5.41, 5.74) is 7.20. The van der Waals surface area contributed by atoms with Gasteiger partial charge in [-0.2, -0.15) is 0 Å². The number of amides is 1. The predicted molar refractivity (Wildman–Crippen MR) is 76.5 cm³/mol. The summed E-state index contributed by atoms with van der Waals surface area (Å²) in [6.07, 6.45) is 2.26. The summed E-state index contributed by atoms with van der Waals surface area (Å²) in [6.45, 7) is 0. The number of likely N-dealkylation sites (tertiary alicyclic amines) is 1. The second kappa shape index (κ2) is 5.59. The number of hydrogen-bond donors (Lipinski definition) is 1. The van der Waals surface area contributed by atoms with Gasteiger partial charge in [-0.1, -0.05) is 27.5 Å². The van der Waals surface area contributed by atoms with E-state index in [1.165, 1.54) is 0 Å². The summed E-state index contributed by atoms with van der Waals surface area (Å²) in [7, 11) is 1.81. The molecular formula is C13H16BrClN2O. The number of carbonyl (C=O) groups excluding carboxylic acids is 1. The number of carbonyl (C=O) groups is 1. The van der Waals surface area contributed by atoms with E-state index in [4.69, 9.17) is 17.3 Å². The van der Waals surface area contributed by atoms with Crippen molar-refractivity contribution in [1.82, 2.24) is 4.90 Å². The first-order valence-corrected chi connectivity index (χ1v) is 7.14. The van der Waals surface area contributed by atoms with Crippen LogP contribution in [0.15, 0.2) is 22.7 Å². The molecule has 2 atom stereocenters. The standard InChI is InChI=1S/C13H16BrClN2O/c1-17-12(18)4-2-3-11(16)13(17)9-7-8(15)5-6-10(9)14/h5-7,11,13H,2-4,16H2,1H3. The third-order valence-corrected chi connectivity index (χ3v) is 4.38. The van der Waals surface area contributed by atoms with Crippen molar-refractivity contribution >= 4 is 33.4 Å². The molecule has 1 aromatic rings. The van der Waals surface area contributed by atoms with Crippen molar-refractivity contribution in [1.29, 1.82) is 0 Å². The molecule has 1 aromatic carbocycles. The Kier molecular flexibility index (Phi) is 4.30. The Morgan fingerprint density at radius 1 is 1.50 bits per heavy atom. The van der Waals surface area contributed by atoms with Gasteiger partial charge in [0.25, 0.3) is 0 Å². The maximum atomic E-state index is 12.0. The average molecular weight is 332 g/mol. The first-order chi connectivity index (χ1) is 8.50. The molecule has 0 bridgehead atoms. The number of benzene rings is 1. The number of hydrogen-bond acceptors (Lipinski definition) is 2. The molecule has 5 heteroatoms. The van der Waals surface area contributed by atoms with E-state index >= 15 is 0 Å². The van der Waals surface area contributed by atoms with Gasteiger partial charge in [0.2, 0.25) is 5.91 Å². The van der Waals surface area contributed by atoms with Crippen LogP contribution in [0.3, 0.4) is 0 Å². The molecule has 1 amide bonds. The van der Waals surface area contributed by atoms with Crippen LogP contribution < -0.4 is 5.73 Å². The number of nitrogens with zero attached hydrogens (tertiary/aromatic N) is 1. The molecule has 2 N–H and O–H groups in total. The van der Waals surface area contributed by atoms with Gasteiger partial charge in [-0.15, -0.1) is 0 Å². The van der Waals surface area contributed by atoms with Crippen molar-refractivity contribution in [2.24, 2.45) is 5.73 Å². The van der Waals surface area contributed by atoms with Gasteiger partial charge in [-0.25, -0.2) is 0 Å². The lowest BCUT2D eigenvalue weighted by molar-refractivity contribution is -0.131. The van der Waals surface area contributed by atoms with E-state index in [-0.39, 0.29) is 18.0 Å². The maximum Gasteiger partial charge on any atom is 0.222 e. The molecule has 0 spiro atoms. The van der Waals surface area contributed by atoms with Crippen LogP contribution in [0.2, 0.25) is 5.02 Å². The van der Waals surface area contributed by atoms with Gasteiger partial charge < -0.3 is 10.6 Å². The minimum Gasteiger partial charge on any atom is -0.337 e. The maximum absolute atomic E-state index is 12.0. The van der Waals surface area contributed by atoms with Gasteiger partial charge in [-0.3, -0.25) is 4.79 Å². The zero-order chi connectivity index (χ0) is 13.3. The molecule has 0 radical (unpaired) electrons. The van der Waals surface area contributed by atoms with E-state index in [1.54, 1.807) is 4.90 Å². The molecule has 0 aliphatic carbocycles. The van der Waals surface area contributed by atoms with Crippen LogP contribution in [-0.2, 0) is 4.79 Å². The molecule has 2 unspecified atom stereocenters. The summed E-state index contributed by atoms with van der Waals surface area (Å²) in [4.78, 5) is 13.7. The highest BCUT2D eigenvalue weighted by Crippen LogP contribution is 2.34. The Morgan fingerprint density at radius 3 is 2.94 bits per heavy atom. The van der Waals surface area contributed by atoms with Crippen molar-refractivity contribution < 1.29 is 4.79 Å². The minimum absolute atomic E-state index is 0.0591. The van der Waals surface area contributed by atoms with Crippen molar-refractivity contribution in [2.75, 3.05) is 7.05 Å². The first kappa shape index (κ1) is 13.8. The van der Waals surface area contributed by atoms with Crippen LogP contribution in [-0.4, -0.2) is 23.9 Å². The summed E-state index contributed by atoms with van der Waals surface area (Å²) in [5, 5.41) is 0.658. The Morgan fingerprint density at radius 2 is 2.22 bits per heavy atom. The number of rotatable bonds is 1. The van der Waals surface area contributed by atoms with Crippen LogP contribution in [0.25, 0.3) is 0 Å². The molecule has 1 heterocycles. The molecule has 98 valence electrons. The van der Waals surface area contributed by atoms with E-state index < -0.39 is 0 Å². The molecule has 1 fully saturated rings. The molecule has 3 nitrogen and oxygen atoms in total. The molecular weight excluding hydrogens is 316 g/mol. The Bertz CT molecular complexity index is 466. The highest BCUT2D eigenvalue weighted by atomic mass is 79.9. The monoisotopic (exact) mass is 330 g/mol. The lowest BCUT2D eigenvalue weighted by atomic mass is 9.97. The second-order valence-corrected chi connectivity index (χ2v) is 5.96. The molecule has 1 aliphatic rings. The highest BCUT2D eigenvalue weighted by Gasteiger charge is 2.31. The fraction of sp³-hybridized carbons (Fsp3) is 0.462. The lowest BCUT2D eigenvalue weighted by Crippen LogP contribution is -2.40. The summed E-state index contributed by atoms with van der Waals surface area (Å²) < 4.78 is 0.939. The Balaban J connectivity index is 2.44. The fourth-order valence-corrected chi connectivity index (χ4v) is 3.11. The van der Waals surface area contributed by atoms with Crippen LogP contribution in [0.5, 0.6) is 0 Å². The van der Waals surface area contributed by atoms with Gasteiger partial charge in [-0.05, 0) is 36.6 Å². The predicted octanol–water partition coefficient (Wildman–Crippen LogP) is 3.11. The van der Waals surface area contributed by atoms with Gasteiger partial charge in [0.05, 0.1) is 6.04 Å². The molecule has 0 saturated carbocycles. The van der Waals surface area contributed by atoms with Gasteiger partial charge in [0.15, 0.2) is 0 Å².